The molecule has 1 aromatic heterocycles. The Balaban J connectivity index is 1.88. The fourth-order valence-electron chi connectivity index (χ4n) is 2.45. The van der Waals surface area contributed by atoms with Crippen LogP contribution in [0.5, 0.6) is 0 Å². The number of thioether (sulfide) groups is 1. The van der Waals surface area contributed by atoms with Crippen LogP contribution < -0.4 is 0 Å². The molecule has 1 N–H and O–H groups in total. The Hall–Kier alpha value is -1.43. The molecule has 0 saturated carbocycles. The summed E-state index contributed by atoms with van der Waals surface area (Å²) in [6.07, 6.45) is 3.66. The SMILES string of the molecule is CSCc1ccc(C(=O)N2CCC(CCC(=O)O)C2)o1. The maximum atomic E-state index is 12.3. The predicted octanol–water partition coefficient (Wildman–Crippen LogP) is 2.47. The van der Waals surface area contributed by atoms with Crippen molar-refractivity contribution < 1.29 is 19.1 Å². The van der Waals surface area contributed by atoms with Gasteiger partial charge in [0.2, 0.25) is 0 Å². The normalized spacial score (nSPS) is 18.4. The van der Waals surface area contributed by atoms with Crippen LogP contribution in [0.4, 0.5) is 0 Å². The van der Waals surface area contributed by atoms with Crippen LogP contribution in [0.15, 0.2) is 16.5 Å². The van der Waals surface area contributed by atoms with Crippen molar-refractivity contribution in [2.45, 2.75) is 25.0 Å². The molecule has 2 heterocycles. The Morgan fingerprint density at radius 1 is 1.50 bits per heavy atom. The minimum Gasteiger partial charge on any atom is -0.481 e. The van der Waals surface area contributed by atoms with Crippen LogP contribution in [0.25, 0.3) is 0 Å². The van der Waals surface area contributed by atoms with Crippen molar-refractivity contribution in [1.29, 1.82) is 0 Å². The predicted molar refractivity (Wildman–Crippen MR) is 76.8 cm³/mol. The third-order valence-electron chi connectivity index (χ3n) is 3.50. The molecule has 0 aliphatic carbocycles. The van der Waals surface area contributed by atoms with Gasteiger partial charge in [-0.15, -0.1) is 0 Å². The van der Waals surface area contributed by atoms with Crippen LogP contribution in [0, 0.1) is 5.92 Å². The van der Waals surface area contributed by atoms with Gasteiger partial charge in [-0.05, 0) is 37.1 Å². The third-order valence-corrected chi connectivity index (χ3v) is 4.07. The number of amides is 1. The number of hydrogen-bond donors (Lipinski definition) is 1. The van der Waals surface area contributed by atoms with Gasteiger partial charge in [0.15, 0.2) is 5.76 Å². The molecule has 1 aromatic rings. The van der Waals surface area contributed by atoms with Gasteiger partial charge in [-0.3, -0.25) is 9.59 Å². The number of hydrogen-bond acceptors (Lipinski definition) is 4. The molecule has 5 nitrogen and oxygen atoms in total. The highest BCUT2D eigenvalue weighted by Crippen LogP contribution is 2.23. The maximum absolute atomic E-state index is 12.3. The van der Waals surface area contributed by atoms with Gasteiger partial charge >= 0.3 is 5.97 Å². The van der Waals surface area contributed by atoms with Crippen LogP contribution in [0.2, 0.25) is 0 Å². The van der Waals surface area contributed by atoms with Crippen molar-refractivity contribution in [2.24, 2.45) is 5.92 Å². The Morgan fingerprint density at radius 3 is 3.00 bits per heavy atom. The number of likely N-dealkylation sites (tertiary alicyclic amines) is 1. The minimum absolute atomic E-state index is 0.0878. The van der Waals surface area contributed by atoms with Crippen LogP contribution in [-0.2, 0) is 10.5 Å². The van der Waals surface area contributed by atoms with E-state index >= 15 is 0 Å². The fourth-order valence-corrected chi connectivity index (χ4v) is 2.89. The number of carboxylic acids is 1. The van der Waals surface area contributed by atoms with Gasteiger partial charge in [-0.25, -0.2) is 0 Å². The lowest BCUT2D eigenvalue weighted by atomic mass is 10.0. The molecule has 0 radical (unpaired) electrons. The van der Waals surface area contributed by atoms with Gasteiger partial charge in [0.1, 0.15) is 5.76 Å². The molecule has 1 atom stereocenters. The monoisotopic (exact) mass is 297 g/mol. The smallest absolute Gasteiger partial charge is 0.303 e. The highest BCUT2D eigenvalue weighted by molar-refractivity contribution is 7.97. The summed E-state index contributed by atoms with van der Waals surface area (Å²) >= 11 is 1.65. The molecular weight excluding hydrogens is 278 g/mol. The second-order valence-corrected chi connectivity index (χ2v) is 5.90. The quantitative estimate of drug-likeness (QED) is 0.873. The topological polar surface area (TPSA) is 70.8 Å². The first-order valence-corrected chi connectivity index (χ1v) is 8.08. The zero-order valence-electron chi connectivity index (χ0n) is 11.5. The number of nitrogens with zero attached hydrogens (tertiary/aromatic N) is 1. The van der Waals surface area contributed by atoms with Gasteiger partial charge in [-0.1, -0.05) is 0 Å². The lowest BCUT2D eigenvalue weighted by molar-refractivity contribution is -0.137. The highest BCUT2D eigenvalue weighted by atomic mass is 32.2. The van der Waals surface area contributed by atoms with Crippen LogP contribution in [0.3, 0.4) is 0 Å². The van der Waals surface area contributed by atoms with Crippen molar-refractivity contribution in [3.8, 4) is 0 Å². The molecule has 1 amide bonds. The van der Waals surface area contributed by atoms with E-state index in [0.29, 0.717) is 25.3 Å². The largest absolute Gasteiger partial charge is 0.481 e. The first kappa shape index (κ1) is 15.0. The molecule has 110 valence electrons. The second kappa shape index (κ2) is 6.83. The summed E-state index contributed by atoms with van der Waals surface area (Å²) in [7, 11) is 0. The first-order chi connectivity index (χ1) is 9.60. The first-order valence-electron chi connectivity index (χ1n) is 6.69. The Labute approximate surface area is 122 Å². The molecule has 20 heavy (non-hydrogen) atoms. The molecule has 2 rings (SSSR count). The zero-order valence-corrected chi connectivity index (χ0v) is 12.3. The molecule has 1 saturated heterocycles. The molecular formula is C14H19NO4S. The Kier molecular flexibility index (Phi) is 5.11. The molecule has 0 aromatic carbocycles. The molecule has 1 aliphatic rings. The molecule has 0 spiro atoms. The number of carboxylic acid groups (broad SMARTS) is 1. The number of furan rings is 1. The molecule has 0 bridgehead atoms. The fraction of sp³-hybridized carbons (Fsp3) is 0.571. The van der Waals surface area contributed by atoms with E-state index in [4.69, 9.17) is 9.52 Å². The number of rotatable bonds is 6. The average molecular weight is 297 g/mol. The van der Waals surface area contributed by atoms with Gasteiger partial charge in [0, 0.05) is 19.5 Å². The summed E-state index contributed by atoms with van der Waals surface area (Å²) in [4.78, 5) is 24.6. The van der Waals surface area contributed by atoms with E-state index in [-0.39, 0.29) is 18.2 Å². The highest BCUT2D eigenvalue weighted by Gasteiger charge is 2.28. The summed E-state index contributed by atoms with van der Waals surface area (Å²) in [6.45, 7) is 1.31. The maximum Gasteiger partial charge on any atom is 0.303 e. The second-order valence-electron chi connectivity index (χ2n) is 5.04. The third kappa shape index (κ3) is 3.79. The number of carbonyl (C=O) groups excluding carboxylic acids is 1. The minimum atomic E-state index is -0.775. The van der Waals surface area contributed by atoms with Crippen LogP contribution in [0.1, 0.15) is 35.6 Å². The summed E-state index contributed by atoms with van der Waals surface area (Å²) < 4.78 is 5.53. The van der Waals surface area contributed by atoms with Crippen molar-refractivity contribution in [3.05, 3.63) is 23.7 Å². The van der Waals surface area contributed by atoms with Gasteiger partial charge in [-0.2, -0.15) is 11.8 Å². The van der Waals surface area contributed by atoms with E-state index in [9.17, 15) is 9.59 Å². The lowest BCUT2D eigenvalue weighted by Crippen LogP contribution is -2.28. The van der Waals surface area contributed by atoms with Crippen molar-refractivity contribution in [1.82, 2.24) is 4.90 Å². The van der Waals surface area contributed by atoms with E-state index in [0.717, 1.165) is 17.9 Å². The van der Waals surface area contributed by atoms with E-state index in [1.54, 1.807) is 22.7 Å². The van der Waals surface area contributed by atoms with Gasteiger partial charge in [0.25, 0.3) is 5.91 Å². The van der Waals surface area contributed by atoms with Gasteiger partial charge < -0.3 is 14.4 Å². The number of carbonyl (C=O) groups is 2. The Bertz CT molecular complexity index is 485. The summed E-state index contributed by atoms with van der Waals surface area (Å²) in [6, 6.07) is 3.56. The summed E-state index contributed by atoms with van der Waals surface area (Å²) in [5.74, 6) is 1.37. The molecule has 1 fully saturated rings. The van der Waals surface area contributed by atoms with E-state index in [1.165, 1.54) is 0 Å². The van der Waals surface area contributed by atoms with E-state index < -0.39 is 5.97 Å². The molecule has 6 heteroatoms. The average Bonchev–Trinajstić information content (AvgIpc) is 3.05. The van der Waals surface area contributed by atoms with Crippen molar-refractivity contribution in [2.75, 3.05) is 19.3 Å². The Morgan fingerprint density at radius 2 is 2.30 bits per heavy atom. The van der Waals surface area contributed by atoms with Crippen molar-refractivity contribution >= 4 is 23.6 Å². The van der Waals surface area contributed by atoms with E-state index in [2.05, 4.69) is 0 Å². The molecule has 1 aliphatic heterocycles. The van der Waals surface area contributed by atoms with Crippen molar-refractivity contribution in [3.63, 3.8) is 0 Å². The molecule has 1 unspecified atom stereocenters. The van der Waals surface area contributed by atoms with E-state index in [1.807, 2.05) is 12.3 Å². The van der Waals surface area contributed by atoms with Gasteiger partial charge in [0.05, 0.1) is 5.75 Å². The van der Waals surface area contributed by atoms with Crippen LogP contribution >= 0.6 is 11.8 Å². The number of aliphatic carboxylic acids is 1. The lowest BCUT2D eigenvalue weighted by Gasteiger charge is -2.14. The standard InChI is InChI=1S/C14H19NO4S/c1-20-9-11-3-4-12(19-11)14(18)15-7-6-10(8-15)2-5-13(16)17/h3-4,10H,2,5-9H2,1H3,(H,16,17). The zero-order chi connectivity index (χ0) is 14.5. The van der Waals surface area contributed by atoms with Crippen LogP contribution in [-0.4, -0.2) is 41.2 Å². The summed E-state index contributed by atoms with van der Waals surface area (Å²) in [5.41, 5.74) is 0. The summed E-state index contributed by atoms with van der Waals surface area (Å²) in [5, 5.41) is 8.68.